The van der Waals surface area contributed by atoms with Crippen molar-refractivity contribution in [3.05, 3.63) is 11.5 Å². The molecular weight excluding hydrogens is 154 g/mol. The molecule has 0 radical (unpaired) electrons. The molecule has 0 aromatic rings. The van der Waals surface area contributed by atoms with Crippen molar-refractivity contribution in [1.29, 1.82) is 0 Å². The van der Waals surface area contributed by atoms with E-state index in [4.69, 9.17) is 22.7 Å². The Bertz CT molecular complexity index is 114. The minimum absolute atomic E-state index is 0.156. The molecule has 0 heterocycles. The number of hydrogen-bond acceptors (Lipinski definition) is 4. The zero-order valence-corrected chi connectivity index (χ0v) is 6.80. The molecule has 0 fully saturated rings. The van der Waals surface area contributed by atoms with Gasteiger partial charge < -0.3 is 4.74 Å². The summed E-state index contributed by atoms with van der Waals surface area (Å²) < 4.78 is 5.23. The van der Waals surface area contributed by atoms with Crippen molar-refractivity contribution >= 4 is 28.4 Å². The standard InChI is InChI=1S/C5H9NOS2/c1-2-3-9-5(8)7-4-6/h2-3H,4,6H2,1H3. The van der Waals surface area contributed by atoms with E-state index in [-0.39, 0.29) is 6.73 Å². The van der Waals surface area contributed by atoms with Crippen molar-refractivity contribution in [2.45, 2.75) is 6.92 Å². The van der Waals surface area contributed by atoms with Gasteiger partial charge in [0.05, 0.1) is 0 Å². The van der Waals surface area contributed by atoms with Crippen molar-refractivity contribution in [3.8, 4) is 0 Å². The molecule has 0 atom stereocenters. The van der Waals surface area contributed by atoms with Crippen LogP contribution < -0.4 is 5.73 Å². The van der Waals surface area contributed by atoms with Crippen LogP contribution in [-0.4, -0.2) is 11.1 Å². The third kappa shape index (κ3) is 5.82. The van der Waals surface area contributed by atoms with Gasteiger partial charge >= 0.3 is 0 Å². The summed E-state index contributed by atoms with van der Waals surface area (Å²) in [5.41, 5.74) is 5.05. The first kappa shape index (κ1) is 8.94. The Morgan fingerprint density at radius 3 is 3.00 bits per heavy atom. The lowest BCUT2D eigenvalue weighted by atomic mass is 10.8. The molecule has 0 saturated carbocycles. The van der Waals surface area contributed by atoms with Crippen molar-refractivity contribution in [1.82, 2.24) is 0 Å². The average molecular weight is 163 g/mol. The molecule has 4 heteroatoms. The highest BCUT2D eigenvalue weighted by molar-refractivity contribution is 8.24. The molecule has 0 bridgehead atoms. The molecule has 0 rings (SSSR count). The smallest absolute Gasteiger partial charge is 0.225 e. The molecule has 0 aromatic carbocycles. The van der Waals surface area contributed by atoms with Gasteiger partial charge in [0.25, 0.3) is 0 Å². The zero-order valence-electron chi connectivity index (χ0n) is 5.16. The first-order chi connectivity index (χ1) is 4.31. The number of thioether (sulfide) groups is 1. The first-order valence-corrected chi connectivity index (χ1v) is 3.74. The molecule has 0 aliphatic heterocycles. The van der Waals surface area contributed by atoms with E-state index < -0.39 is 0 Å². The van der Waals surface area contributed by atoms with Crippen molar-refractivity contribution in [3.63, 3.8) is 0 Å². The van der Waals surface area contributed by atoms with Crippen molar-refractivity contribution in [2.24, 2.45) is 5.73 Å². The predicted octanol–water partition coefficient (Wildman–Crippen LogP) is 1.47. The van der Waals surface area contributed by atoms with Gasteiger partial charge in [-0.3, -0.25) is 5.73 Å². The van der Waals surface area contributed by atoms with Gasteiger partial charge in [0, 0.05) is 0 Å². The maximum Gasteiger partial charge on any atom is 0.225 e. The lowest BCUT2D eigenvalue weighted by Crippen LogP contribution is -2.06. The third-order valence-electron chi connectivity index (χ3n) is 0.502. The summed E-state index contributed by atoms with van der Waals surface area (Å²) in [7, 11) is 0. The number of rotatable bonds is 2. The Kier molecular flexibility index (Phi) is 6.03. The van der Waals surface area contributed by atoms with Gasteiger partial charge in [0.1, 0.15) is 6.73 Å². The summed E-state index contributed by atoms with van der Waals surface area (Å²) in [5.74, 6) is 0. The zero-order chi connectivity index (χ0) is 7.11. The van der Waals surface area contributed by atoms with Crippen LogP contribution in [0, 0.1) is 0 Å². The first-order valence-electron chi connectivity index (χ1n) is 2.46. The molecule has 0 unspecified atom stereocenters. The minimum atomic E-state index is 0.156. The Balaban J connectivity index is 3.27. The molecule has 0 spiro atoms. The highest BCUT2D eigenvalue weighted by Gasteiger charge is 1.89. The van der Waals surface area contributed by atoms with E-state index in [1.165, 1.54) is 11.8 Å². The van der Waals surface area contributed by atoms with Gasteiger partial charge in [-0.1, -0.05) is 6.08 Å². The quantitative estimate of drug-likeness (QED) is 0.494. The fraction of sp³-hybridized carbons (Fsp3) is 0.400. The van der Waals surface area contributed by atoms with Gasteiger partial charge in [0.2, 0.25) is 4.38 Å². The van der Waals surface area contributed by atoms with Crippen LogP contribution >= 0.6 is 24.0 Å². The predicted molar refractivity (Wildman–Crippen MR) is 45.1 cm³/mol. The van der Waals surface area contributed by atoms with Gasteiger partial charge in [-0.2, -0.15) is 0 Å². The lowest BCUT2D eigenvalue weighted by Gasteiger charge is -1.97. The number of nitrogens with two attached hydrogens (primary N) is 1. The van der Waals surface area contributed by atoms with E-state index >= 15 is 0 Å². The molecule has 0 aliphatic carbocycles. The van der Waals surface area contributed by atoms with Gasteiger partial charge in [-0.15, -0.1) is 0 Å². The summed E-state index contributed by atoms with van der Waals surface area (Å²) in [6, 6.07) is 0. The highest BCUT2D eigenvalue weighted by atomic mass is 32.2. The van der Waals surface area contributed by atoms with E-state index in [0.29, 0.717) is 4.38 Å². The number of thiocarbonyl (C=S) groups is 1. The van der Waals surface area contributed by atoms with Crippen LogP contribution in [0.1, 0.15) is 6.92 Å². The maximum absolute atomic E-state index is 5.05. The summed E-state index contributed by atoms with van der Waals surface area (Å²) >= 11 is 6.08. The highest BCUT2D eigenvalue weighted by Crippen LogP contribution is 2.05. The van der Waals surface area contributed by atoms with Gasteiger partial charge in [0.15, 0.2) is 0 Å². The molecule has 2 nitrogen and oxygen atoms in total. The third-order valence-corrected chi connectivity index (χ3v) is 1.63. The van der Waals surface area contributed by atoms with Gasteiger partial charge in [-0.25, -0.2) is 0 Å². The molecule has 0 saturated heterocycles. The molecule has 0 aliphatic rings. The Hall–Kier alpha value is -0.0600. The van der Waals surface area contributed by atoms with Crippen LogP contribution in [0.3, 0.4) is 0 Å². The lowest BCUT2D eigenvalue weighted by molar-refractivity contribution is 0.335. The summed E-state index contributed by atoms with van der Waals surface area (Å²) in [6.07, 6.45) is 1.89. The van der Waals surface area contributed by atoms with E-state index in [1.807, 2.05) is 18.4 Å². The monoisotopic (exact) mass is 163 g/mol. The summed E-state index contributed by atoms with van der Waals surface area (Å²) in [5, 5.41) is 1.85. The van der Waals surface area contributed by atoms with E-state index in [9.17, 15) is 0 Å². The molecular formula is C5H9NOS2. The second kappa shape index (κ2) is 6.07. The second-order valence-electron chi connectivity index (χ2n) is 1.15. The van der Waals surface area contributed by atoms with Crippen molar-refractivity contribution in [2.75, 3.05) is 6.73 Å². The number of hydrogen-bond donors (Lipinski definition) is 1. The number of ether oxygens (including phenoxy) is 1. The van der Waals surface area contributed by atoms with E-state index in [1.54, 1.807) is 0 Å². The summed E-state index contributed by atoms with van der Waals surface area (Å²) in [4.78, 5) is 0. The number of allylic oxidation sites excluding steroid dienone is 1. The Morgan fingerprint density at radius 1 is 1.89 bits per heavy atom. The van der Waals surface area contributed by atoms with Crippen LogP contribution in [0.15, 0.2) is 11.5 Å². The maximum atomic E-state index is 5.05. The normalized spacial score (nSPS) is 10.0. The fourth-order valence-electron chi connectivity index (χ4n) is 0.226. The molecule has 0 amide bonds. The topological polar surface area (TPSA) is 35.2 Å². The molecule has 2 N–H and O–H groups in total. The van der Waals surface area contributed by atoms with Crippen LogP contribution in [-0.2, 0) is 4.74 Å². The van der Waals surface area contributed by atoms with Crippen molar-refractivity contribution < 1.29 is 4.74 Å². The molecule has 52 valence electrons. The molecule has 9 heavy (non-hydrogen) atoms. The van der Waals surface area contributed by atoms with Crippen LogP contribution in [0.5, 0.6) is 0 Å². The Labute approximate surface area is 64.4 Å². The minimum Gasteiger partial charge on any atom is -0.463 e. The van der Waals surface area contributed by atoms with E-state index in [0.717, 1.165) is 0 Å². The fourth-order valence-corrected chi connectivity index (χ4v) is 0.844. The largest absolute Gasteiger partial charge is 0.463 e. The summed E-state index contributed by atoms with van der Waals surface area (Å²) in [6.45, 7) is 2.07. The molecule has 0 aromatic heterocycles. The van der Waals surface area contributed by atoms with Crippen LogP contribution in [0.25, 0.3) is 0 Å². The average Bonchev–Trinajstić information content (AvgIpc) is 1.85. The van der Waals surface area contributed by atoms with Gasteiger partial charge in [-0.05, 0) is 36.3 Å². The SMILES string of the molecule is CC=CSC(=S)OCN. The van der Waals surface area contributed by atoms with E-state index in [2.05, 4.69) is 0 Å². The Morgan fingerprint density at radius 2 is 2.56 bits per heavy atom. The van der Waals surface area contributed by atoms with Crippen LogP contribution in [0.2, 0.25) is 0 Å². The van der Waals surface area contributed by atoms with Crippen LogP contribution in [0.4, 0.5) is 0 Å². The second-order valence-corrected chi connectivity index (χ2v) is 2.66.